The third-order valence-corrected chi connectivity index (χ3v) is 4.18. The van der Waals surface area contributed by atoms with Crippen molar-refractivity contribution in [1.29, 1.82) is 0 Å². The Kier molecular flexibility index (Phi) is 8.24. The van der Waals surface area contributed by atoms with Gasteiger partial charge in [-0.05, 0) is 38.1 Å². The molecule has 0 aromatic heterocycles. The van der Waals surface area contributed by atoms with Gasteiger partial charge in [0.25, 0.3) is 0 Å². The number of nitro benzene ring substituents is 1. The molecule has 0 radical (unpaired) electrons. The standard InChI is InChI=1S/C15H20ClN3O4.ClH/c1-18(12-4-7-17-8-5-12)15(20)6-9-23-14-3-2-11(16)10-13(14)19(21)22;/h2-3,10,12,17H,4-9H2,1H3;1H. The van der Waals surface area contributed by atoms with Gasteiger partial charge < -0.3 is 15.0 Å². The lowest BCUT2D eigenvalue weighted by Gasteiger charge is -2.31. The predicted molar refractivity (Wildman–Crippen MR) is 94.1 cm³/mol. The number of benzene rings is 1. The number of amides is 1. The molecule has 0 aliphatic carbocycles. The van der Waals surface area contributed by atoms with Crippen molar-refractivity contribution in [3.05, 3.63) is 33.3 Å². The smallest absolute Gasteiger partial charge is 0.312 e. The Morgan fingerprint density at radius 3 is 2.75 bits per heavy atom. The molecule has 1 N–H and O–H groups in total. The molecular formula is C15H21Cl2N3O4. The van der Waals surface area contributed by atoms with E-state index in [1.165, 1.54) is 18.2 Å². The molecule has 0 saturated carbocycles. The molecule has 24 heavy (non-hydrogen) atoms. The van der Waals surface area contributed by atoms with Crippen molar-refractivity contribution < 1.29 is 14.5 Å². The van der Waals surface area contributed by atoms with E-state index in [2.05, 4.69) is 5.32 Å². The van der Waals surface area contributed by atoms with Crippen LogP contribution in [0, 0.1) is 10.1 Å². The zero-order valence-electron chi connectivity index (χ0n) is 13.4. The number of nitro groups is 1. The van der Waals surface area contributed by atoms with Gasteiger partial charge in [-0.25, -0.2) is 0 Å². The van der Waals surface area contributed by atoms with Crippen LogP contribution < -0.4 is 10.1 Å². The summed E-state index contributed by atoms with van der Waals surface area (Å²) in [4.78, 5) is 24.3. The van der Waals surface area contributed by atoms with Crippen molar-refractivity contribution in [2.45, 2.75) is 25.3 Å². The topological polar surface area (TPSA) is 84.7 Å². The normalized spacial score (nSPS) is 14.6. The zero-order chi connectivity index (χ0) is 16.8. The lowest BCUT2D eigenvalue weighted by Crippen LogP contribution is -2.44. The second kappa shape index (κ2) is 9.66. The number of nitrogens with zero attached hydrogens (tertiary/aromatic N) is 2. The van der Waals surface area contributed by atoms with Crippen LogP contribution in [0.2, 0.25) is 5.02 Å². The second-order valence-corrected chi connectivity index (χ2v) is 5.89. The molecular weight excluding hydrogens is 357 g/mol. The molecule has 1 saturated heterocycles. The summed E-state index contributed by atoms with van der Waals surface area (Å²) in [5.41, 5.74) is -0.198. The summed E-state index contributed by atoms with van der Waals surface area (Å²) >= 11 is 5.75. The number of carbonyl (C=O) groups is 1. The molecule has 1 aliphatic rings. The number of hydrogen-bond donors (Lipinski definition) is 1. The van der Waals surface area contributed by atoms with Gasteiger partial charge in [-0.15, -0.1) is 12.4 Å². The van der Waals surface area contributed by atoms with Crippen LogP contribution in [0.15, 0.2) is 18.2 Å². The van der Waals surface area contributed by atoms with E-state index in [0.717, 1.165) is 25.9 Å². The fraction of sp³-hybridized carbons (Fsp3) is 0.533. The molecule has 0 unspecified atom stereocenters. The first kappa shape index (κ1) is 20.5. The monoisotopic (exact) mass is 377 g/mol. The molecule has 134 valence electrons. The number of halogens is 2. The molecule has 0 bridgehead atoms. The van der Waals surface area contributed by atoms with Crippen molar-refractivity contribution >= 4 is 35.6 Å². The largest absolute Gasteiger partial charge is 0.486 e. The second-order valence-electron chi connectivity index (χ2n) is 5.45. The summed E-state index contributed by atoms with van der Waals surface area (Å²) in [6.07, 6.45) is 2.05. The lowest BCUT2D eigenvalue weighted by atomic mass is 10.1. The van der Waals surface area contributed by atoms with E-state index >= 15 is 0 Å². The molecule has 9 heteroatoms. The third-order valence-electron chi connectivity index (χ3n) is 3.94. The first-order valence-electron chi connectivity index (χ1n) is 7.52. The Labute approximate surface area is 151 Å². The molecule has 1 amide bonds. The molecule has 1 fully saturated rings. The Hall–Kier alpha value is -1.57. The molecule has 1 aromatic carbocycles. The van der Waals surface area contributed by atoms with Crippen molar-refractivity contribution in [3.8, 4) is 5.75 Å². The van der Waals surface area contributed by atoms with Crippen LogP contribution >= 0.6 is 24.0 Å². The van der Waals surface area contributed by atoms with Crippen LogP contribution in [0.25, 0.3) is 0 Å². The average molecular weight is 378 g/mol. The van der Waals surface area contributed by atoms with Crippen molar-refractivity contribution in [2.24, 2.45) is 0 Å². The number of hydrogen-bond acceptors (Lipinski definition) is 5. The van der Waals surface area contributed by atoms with Crippen LogP contribution in [0.3, 0.4) is 0 Å². The Morgan fingerprint density at radius 1 is 1.46 bits per heavy atom. The quantitative estimate of drug-likeness (QED) is 0.608. The summed E-state index contributed by atoms with van der Waals surface area (Å²) in [7, 11) is 1.79. The van der Waals surface area contributed by atoms with Crippen LogP contribution in [0.5, 0.6) is 5.75 Å². The van der Waals surface area contributed by atoms with Gasteiger partial charge in [-0.3, -0.25) is 14.9 Å². The lowest BCUT2D eigenvalue weighted by molar-refractivity contribution is -0.385. The minimum Gasteiger partial charge on any atom is -0.486 e. The summed E-state index contributed by atoms with van der Waals surface area (Å²) in [5, 5.41) is 14.5. The van der Waals surface area contributed by atoms with Crippen molar-refractivity contribution in [2.75, 3.05) is 26.7 Å². The first-order chi connectivity index (χ1) is 11.0. The highest BCUT2D eigenvalue weighted by Gasteiger charge is 2.22. The fourth-order valence-corrected chi connectivity index (χ4v) is 2.74. The molecule has 0 atom stereocenters. The van der Waals surface area contributed by atoms with Gasteiger partial charge in [0.05, 0.1) is 18.0 Å². The maximum absolute atomic E-state index is 12.2. The van der Waals surface area contributed by atoms with Gasteiger partial charge >= 0.3 is 5.69 Å². The molecule has 2 rings (SSSR count). The molecule has 1 aliphatic heterocycles. The minimum absolute atomic E-state index is 0. The van der Waals surface area contributed by atoms with E-state index in [1.54, 1.807) is 11.9 Å². The number of rotatable bonds is 6. The van der Waals surface area contributed by atoms with Crippen LogP contribution in [0.4, 0.5) is 5.69 Å². The average Bonchev–Trinajstić information content (AvgIpc) is 2.56. The number of nitrogens with one attached hydrogen (secondary N) is 1. The van der Waals surface area contributed by atoms with Gasteiger partial charge in [-0.1, -0.05) is 11.6 Å². The maximum atomic E-state index is 12.2. The summed E-state index contributed by atoms with van der Waals surface area (Å²) < 4.78 is 5.40. The van der Waals surface area contributed by atoms with E-state index in [-0.39, 0.29) is 53.8 Å². The van der Waals surface area contributed by atoms with E-state index in [0.29, 0.717) is 0 Å². The van der Waals surface area contributed by atoms with Gasteiger partial charge in [0.15, 0.2) is 5.75 Å². The van der Waals surface area contributed by atoms with Crippen LogP contribution in [0.1, 0.15) is 19.3 Å². The van der Waals surface area contributed by atoms with Crippen LogP contribution in [-0.4, -0.2) is 48.5 Å². The maximum Gasteiger partial charge on any atom is 0.312 e. The van der Waals surface area contributed by atoms with E-state index in [9.17, 15) is 14.9 Å². The number of piperidine rings is 1. The van der Waals surface area contributed by atoms with Crippen molar-refractivity contribution in [1.82, 2.24) is 10.2 Å². The molecule has 1 heterocycles. The third kappa shape index (κ3) is 5.51. The van der Waals surface area contributed by atoms with Crippen LogP contribution in [-0.2, 0) is 4.79 Å². The predicted octanol–water partition coefficient (Wildman–Crippen LogP) is 2.65. The Bertz CT molecular complexity index is 580. The molecule has 7 nitrogen and oxygen atoms in total. The summed E-state index contributed by atoms with van der Waals surface area (Å²) in [6.45, 7) is 1.92. The Balaban J connectivity index is 0.00000288. The molecule has 0 spiro atoms. The SMILES string of the molecule is CN(C(=O)CCOc1ccc(Cl)cc1[N+](=O)[O-])C1CCNCC1.Cl. The Morgan fingerprint density at radius 2 is 2.12 bits per heavy atom. The van der Waals surface area contributed by atoms with Gasteiger partial charge in [0, 0.05) is 24.2 Å². The van der Waals surface area contributed by atoms with Gasteiger partial charge in [0.1, 0.15) is 0 Å². The highest BCUT2D eigenvalue weighted by Crippen LogP contribution is 2.29. The van der Waals surface area contributed by atoms with Gasteiger partial charge in [0.2, 0.25) is 5.91 Å². The van der Waals surface area contributed by atoms with Crippen molar-refractivity contribution in [3.63, 3.8) is 0 Å². The van der Waals surface area contributed by atoms with Gasteiger partial charge in [-0.2, -0.15) is 0 Å². The highest BCUT2D eigenvalue weighted by molar-refractivity contribution is 6.30. The number of carbonyl (C=O) groups excluding carboxylic acids is 1. The highest BCUT2D eigenvalue weighted by atomic mass is 35.5. The summed E-state index contributed by atoms with van der Waals surface area (Å²) in [5.74, 6) is 0.102. The zero-order valence-corrected chi connectivity index (χ0v) is 14.9. The minimum atomic E-state index is -0.551. The first-order valence-corrected chi connectivity index (χ1v) is 7.90. The fourth-order valence-electron chi connectivity index (χ4n) is 2.58. The number of ether oxygens (including phenoxy) is 1. The summed E-state index contributed by atoms with van der Waals surface area (Å²) in [6, 6.07) is 4.45. The van der Waals surface area contributed by atoms with E-state index in [4.69, 9.17) is 16.3 Å². The van der Waals surface area contributed by atoms with E-state index < -0.39 is 4.92 Å². The molecule has 1 aromatic rings. The van der Waals surface area contributed by atoms with E-state index in [1.807, 2.05) is 0 Å².